The lowest BCUT2D eigenvalue weighted by molar-refractivity contribution is 0.0322. The molecule has 2 aliphatic heterocycles. The lowest BCUT2D eigenvalue weighted by atomic mass is 10.2. The average Bonchev–Trinajstić information content (AvgIpc) is 3.41. The maximum atomic E-state index is 6.49. The van der Waals surface area contributed by atoms with Gasteiger partial charge in [-0.2, -0.15) is 0 Å². The minimum absolute atomic E-state index is 0.164. The molecule has 3 N–H and O–H groups in total. The number of hydrogen-bond donors (Lipinski definition) is 2. The van der Waals surface area contributed by atoms with Crippen molar-refractivity contribution in [3.8, 4) is 17.1 Å². The Kier molecular flexibility index (Phi) is 5.95. The number of rotatable bonds is 6. The quantitative estimate of drug-likeness (QED) is 0.606. The molecule has 3 aromatic rings. The van der Waals surface area contributed by atoms with Gasteiger partial charge in [-0.3, -0.25) is 4.90 Å². The van der Waals surface area contributed by atoms with Crippen molar-refractivity contribution in [2.24, 2.45) is 5.73 Å². The monoisotopic (exact) mass is 442 g/mol. The van der Waals surface area contributed by atoms with Crippen molar-refractivity contribution in [2.75, 3.05) is 57.4 Å². The molecular weight excluding hydrogens is 416 g/mol. The summed E-state index contributed by atoms with van der Waals surface area (Å²) in [5.74, 6) is 1.61. The summed E-state index contributed by atoms with van der Waals surface area (Å²) in [6.07, 6.45) is 2.62. The molecule has 0 aliphatic carbocycles. The summed E-state index contributed by atoms with van der Waals surface area (Å²) < 4.78 is 11.3. The van der Waals surface area contributed by atoms with Gasteiger partial charge in [-0.25, -0.2) is 9.97 Å². The first kappa shape index (κ1) is 20.5. The van der Waals surface area contributed by atoms with Gasteiger partial charge in [0.1, 0.15) is 23.7 Å². The van der Waals surface area contributed by atoms with Crippen LogP contribution < -0.4 is 15.4 Å². The first-order chi connectivity index (χ1) is 15.2. The molecule has 164 valence electrons. The Morgan fingerprint density at radius 2 is 2.00 bits per heavy atom. The number of nitrogens with one attached hydrogen (secondary N) is 1. The summed E-state index contributed by atoms with van der Waals surface area (Å²) in [6, 6.07) is 8.13. The number of morpholine rings is 1. The number of aromatic nitrogens is 3. The third kappa shape index (κ3) is 4.48. The Morgan fingerprint density at radius 3 is 2.74 bits per heavy atom. The van der Waals surface area contributed by atoms with Gasteiger partial charge in [0.2, 0.25) is 0 Å². The van der Waals surface area contributed by atoms with Crippen LogP contribution in [0.2, 0.25) is 5.02 Å². The first-order valence-electron chi connectivity index (χ1n) is 10.8. The number of nitrogens with two attached hydrogens (primary N) is 1. The molecule has 5 rings (SSSR count). The maximum absolute atomic E-state index is 6.49. The van der Waals surface area contributed by atoms with Crippen LogP contribution in [0.5, 0.6) is 5.75 Å². The van der Waals surface area contributed by atoms with Crippen LogP contribution in [0.4, 0.5) is 5.69 Å². The van der Waals surface area contributed by atoms with E-state index in [1.165, 1.54) is 0 Å². The van der Waals surface area contributed by atoms with Gasteiger partial charge in [-0.1, -0.05) is 11.6 Å². The fraction of sp³-hybridized carbons (Fsp3) is 0.455. The zero-order chi connectivity index (χ0) is 21.2. The summed E-state index contributed by atoms with van der Waals surface area (Å²) >= 11 is 6.49. The molecule has 0 radical (unpaired) electrons. The Bertz CT molecular complexity index is 1030. The number of pyridine rings is 1. The summed E-state index contributed by atoms with van der Waals surface area (Å²) in [7, 11) is 0. The van der Waals surface area contributed by atoms with E-state index in [4.69, 9.17) is 26.8 Å². The molecule has 1 aromatic carbocycles. The molecule has 0 spiro atoms. The van der Waals surface area contributed by atoms with E-state index in [1.54, 1.807) is 6.20 Å². The van der Waals surface area contributed by atoms with Crippen LogP contribution in [0.1, 0.15) is 6.42 Å². The van der Waals surface area contributed by atoms with Gasteiger partial charge in [0.15, 0.2) is 5.65 Å². The van der Waals surface area contributed by atoms with Gasteiger partial charge in [-0.05, 0) is 30.7 Å². The van der Waals surface area contributed by atoms with Crippen molar-refractivity contribution in [2.45, 2.75) is 12.5 Å². The van der Waals surface area contributed by atoms with Crippen molar-refractivity contribution in [3.05, 3.63) is 35.5 Å². The fourth-order valence-corrected chi connectivity index (χ4v) is 4.45. The Labute approximate surface area is 186 Å². The largest absolute Gasteiger partial charge is 0.492 e. The van der Waals surface area contributed by atoms with Gasteiger partial charge in [-0.15, -0.1) is 0 Å². The standard InChI is InChI=1S/C22H27ClN6O2/c23-18-13-25-22-19(20(18)29-6-5-16(24)14-29)26-21(27-22)15-1-3-17(4-2-15)31-12-9-28-7-10-30-11-8-28/h1-4,13,16H,5-12,14,24H2,(H,25,26,27). The number of nitrogens with zero attached hydrogens (tertiary/aromatic N) is 4. The van der Waals surface area contributed by atoms with E-state index in [1.807, 2.05) is 24.3 Å². The van der Waals surface area contributed by atoms with Crippen molar-refractivity contribution >= 4 is 28.5 Å². The number of anilines is 1. The SMILES string of the molecule is NC1CCN(c2c(Cl)cnc3nc(-c4ccc(OCCN5CCOCC5)cc4)[nH]c23)C1. The number of benzene rings is 1. The predicted molar refractivity (Wildman–Crippen MR) is 122 cm³/mol. The van der Waals surface area contributed by atoms with Crippen LogP contribution >= 0.6 is 11.6 Å². The normalized spacial score (nSPS) is 19.9. The highest BCUT2D eigenvalue weighted by atomic mass is 35.5. The molecule has 4 heterocycles. The molecule has 8 nitrogen and oxygen atoms in total. The van der Waals surface area contributed by atoms with Gasteiger partial charge >= 0.3 is 0 Å². The molecule has 2 saturated heterocycles. The molecule has 1 atom stereocenters. The minimum Gasteiger partial charge on any atom is -0.492 e. The number of imidazole rings is 1. The van der Waals surface area contributed by atoms with Crippen LogP contribution in [-0.4, -0.2) is 78.4 Å². The molecule has 0 saturated carbocycles. The second-order valence-electron chi connectivity index (χ2n) is 8.06. The topological polar surface area (TPSA) is 92.5 Å². The smallest absolute Gasteiger partial charge is 0.180 e. The van der Waals surface area contributed by atoms with Gasteiger partial charge in [0, 0.05) is 44.3 Å². The molecule has 2 aromatic heterocycles. The Balaban J connectivity index is 1.30. The minimum atomic E-state index is 0.164. The molecule has 9 heteroatoms. The molecule has 0 amide bonds. The number of halogens is 1. The van der Waals surface area contributed by atoms with Crippen molar-refractivity contribution in [1.29, 1.82) is 0 Å². The highest BCUT2D eigenvalue weighted by Gasteiger charge is 2.25. The van der Waals surface area contributed by atoms with Crippen LogP contribution in [0.3, 0.4) is 0 Å². The van der Waals surface area contributed by atoms with Gasteiger partial charge in [0.25, 0.3) is 0 Å². The van der Waals surface area contributed by atoms with E-state index in [0.717, 1.165) is 80.7 Å². The molecule has 2 fully saturated rings. The summed E-state index contributed by atoms with van der Waals surface area (Å²) in [5, 5.41) is 0.612. The van der Waals surface area contributed by atoms with E-state index in [9.17, 15) is 0 Å². The third-order valence-electron chi connectivity index (χ3n) is 5.90. The summed E-state index contributed by atoms with van der Waals surface area (Å²) in [4.78, 5) is 17.1. The van der Waals surface area contributed by atoms with Gasteiger partial charge in [0.05, 0.1) is 30.1 Å². The number of fused-ring (bicyclic) bond motifs is 1. The number of aromatic amines is 1. The van der Waals surface area contributed by atoms with Crippen LogP contribution in [-0.2, 0) is 4.74 Å². The Hall–Kier alpha value is -2.39. The number of hydrogen-bond acceptors (Lipinski definition) is 7. The van der Waals surface area contributed by atoms with Crippen molar-refractivity contribution < 1.29 is 9.47 Å². The summed E-state index contributed by atoms with van der Waals surface area (Å²) in [5.41, 5.74) is 9.50. The molecular formula is C22H27ClN6O2. The molecule has 1 unspecified atom stereocenters. The van der Waals surface area contributed by atoms with E-state index in [0.29, 0.717) is 17.3 Å². The zero-order valence-corrected chi connectivity index (χ0v) is 18.1. The van der Waals surface area contributed by atoms with Gasteiger partial charge < -0.3 is 25.1 Å². The van der Waals surface area contributed by atoms with Crippen LogP contribution in [0.15, 0.2) is 30.5 Å². The maximum Gasteiger partial charge on any atom is 0.180 e. The lowest BCUT2D eigenvalue weighted by Gasteiger charge is -2.26. The van der Waals surface area contributed by atoms with Crippen molar-refractivity contribution in [1.82, 2.24) is 19.9 Å². The lowest BCUT2D eigenvalue weighted by Crippen LogP contribution is -2.38. The zero-order valence-electron chi connectivity index (χ0n) is 17.4. The second kappa shape index (κ2) is 9.00. The third-order valence-corrected chi connectivity index (χ3v) is 6.17. The Morgan fingerprint density at radius 1 is 1.19 bits per heavy atom. The fourth-order valence-electron chi connectivity index (χ4n) is 4.18. The van der Waals surface area contributed by atoms with E-state index in [2.05, 4.69) is 24.8 Å². The molecule has 0 bridgehead atoms. The summed E-state index contributed by atoms with van der Waals surface area (Å²) in [6.45, 7) is 6.78. The highest BCUT2D eigenvalue weighted by Crippen LogP contribution is 2.35. The number of H-pyrrole nitrogens is 1. The predicted octanol–water partition coefficient (Wildman–Crippen LogP) is 2.53. The second-order valence-corrected chi connectivity index (χ2v) is 8.47. The van der Waals surface area contributed by atoms with E-state index in [-0.39, 0.29) is 6.04 Å². The van der Waals surface area contributed by atoms with Crippen LogP contribution in [0.25, 0.3) is 22.6 Å². The number of ether oxygens (including phenoxy) is 2. The van der Waals surface area contributed by atoms with E-state index < -0.39 is 0 Å². The average molecular weight is 443 g/mol. The highest BCUT2D eigenvalue weighted by molar-refractivity contribution is 6.34. The molecule has 31 heavy (non-hydrogen) atoms. The van der Waals surface area contributed by atoms with E-state index >= 15 is 0 Å². The first-order valence-corrected chi connectivity index (χ1v) is 11.1. The van der Waals surface area contributed by atoms with Crippen LogP contribution in [0, 0.1) is 0 Å². The molecule has 2 aliphatic rings. The van der Waals surface area contributed by atoms with Crippen molar-refractivity contribution in [3.63, 3.8) is 0 Å².